The van der Waals surface area contributed by atoms with E-state index in [1.165, 1.54) is 18.9 Å². The summed E-state index contributed by atoms with van der Waals surface area (Å²) in [7, 11) is 1.51. The number of hydrogen-bond donors (Lipinski definition) is 2. The van der Waals surface area contributed by atoms with Crippen molar-refractivity contribution in [3.63, 3.8) is 0 Å². The number of Topliss-reactive ketones (excluding diaryl/α,β-unsaturated/α-hetero) is 1. The lowest BCUT2D eigenvalue weighted by molar-refractivity contribution is -0.127. The largest absolute Gasteiger partial charge is 0.496 e. The summed E-state index contributed by atoms with van der Waals surface area (Å²) in [5.41, 5.74) is 3.07. The molecule has 1 fully saturated rings. The average Bonchev–Trinajstić information content (AvgIpc) is 3.24. The Balaban J connectivity index is 1.56. The summed E-state index contributed by atoms with van der Waals surface area (Å²) < 4.78 is 5.34. The Hall–Kier alpha value is -3.61. The van der Waals surface area contributed by atoms with Gasteiger partial charge in [0, 0.05) is 34.6 Å². The molecule has 4 rings (SSSR count). The molecule has 2 aromatic carbocycles. The van der Waals surface area contributed by atoms with Crippen LogP contribution in [0.15, 0.2) is 48.7 Å². The molecule has 1 aliphatic rings. The first-order chi connectivity index (χ1) is 14.0. The second-order valence-electron chi connectivity index (χ2n) is 7.07. The van der Waals surface area contributed by atoms with Gasteiger partial charge in [-0.3, -0.25) is 14.5 Å². The molecule has 0 unspecified atom stereocenters. The molecule has 2 N–H and O–H groups in total. The number of nitrogens with one attached hydrogen (secondary N) is 2. The zero-order valence-corrected chi connectivity index (χ0v) is 16.2. The molecule has 0 radical (unpaired) electrons. The number of rotatable bonds is 6. The van der Waals surface area contributed by atoms with E-state index in [9.17, 15) is 14.4 Å². The number of H-pyrrole nitrogens is 1. The SMILES string of the molecule is COc1ccc(C(C)=O)cc1CN1C(=O)N[C@@H](Cc2c[nH]c3ccccc23)C1=O. The maximum Gasteiger partial charge on any atom is 0.325 e. The Labute approximate surface area is 167 Å². The van der Waals surface area contributed by atoms with Crippen LogP contribution in [-0.4, -0.2) is 40.8 Å². The van der Waals surface area contributed by atoms with Gasteiger partial charge in [0.1, 0.15) is 11.8 Å². The number of imide groups is 1. The van der Waals surface area contributed by atoms with Crippen LogP contribution in [0.2, 0.25) is 0 Å². The first kappa shape index (κ1) is 18.7. The zero-order valence-electron chi connectivity index (χ0n) is 16.2. The maximum atomic E-state index is 12.9. The topological polar surface area (TPSA) is 91.5 Å². The zero-order chi connectivity index (χ0) is 20.5. The van der Waals surface area contributed by atoms with Crippen LogP contribution in [0.3, 0.4) is 0 Å². The van der Waals surface area contributed by atoms with Crippen molar-refractivity contribution >= 4 is 28.6 Å². The van der Waals surface area contributed by atoms with E-state index in [1.54, 1.807) is 18.2 Å². The highest BCUT2D eigenvalue weighted by atomic mass is 16.5. The van der Waals surface area contributed by atoms with Gasteiger partial charge in [0.25, 0.3) is 5.91 Å². The highest BCUT2D eigenvalue weighted by Crippen LogP contribution is 2.25. The first-order valence-electron chi connectivity index (χ1n) is 9.32. The van der Waals surface area contributed by atoms with Gasteiger partial charge in [-0.05, 0) is 36.8 Å². The molecule has 3 aromatic rings. The summed E-state index contributed by atoms with van der Waals surface area (Å²) >= 11 is 0. The van der Waals surface area contributed by atoms with Gasteiger partial charge >= 0.3 is 6.03 Å². The van der Waals surface area contributed by atoms with Gasteiger partial charge in [-0.2, -0.15) is 0 Å². The number of aromatic amines is 1. The van der Waals surface area contributed by atoms with Crippen molar-refractivity contribution in [2.45, 2.75) is 25.9 Å². The van der Waals surface area contributed by atoms with E-state index < -0.39 is 12.1 Å². The molecule has 1 atom stereocenters. The molecule has 0 bridgehead atoms. The van der Waals surface area contributed by atoms with Crippen LogP contribution in [0, 0.1) is 0 Å². The minimum Gasteiger partial charge on any atom is -0.496 e. The van der Waals surface area contributed by atoms with Gasteiger partial charge in [-0.25, -0.2) is 4.79 Å². The van der Waals surface area contributed by atoms with Crippen molar-refractivity contribution in [3.8, 4) is 5.75 Å². The number of ketones is 1. The van der Waals surface area contributed by atoms with E-state index in [-0.39, 0.29) is 18.2 Å². The summed E-state index contributed by atoms with van der Waals surface area (Å²) in [6.45, 7) is 1.51. The Bertz CT molecular complexity index is 1120. The van der Waals surface area contributed by atoms with Gasteiger partial charge in [0.2, 0.25) is 0 Å². The van der Waals surface area contributed by atoms with E-state index in [2.05, 4.69) is 10.3 Å². The summed E-state index contributed by atoms with van der Waals surface area (Å²) in [6.07, 6.45) is 2.27. The normalized spacial score (nSPS) is 16.3. The standard InChI is InChI=1S/C22H21N3O4/c1-13(26)14-7-8-20(29-2)16(9-14)12-25-21(27)19(24-22(25)28)10-15-11-23-18-6-4-3-5-17(15)18/h3-9,11,19,23H,10,12H2,1-2H3,(H,24,28)/t19-/m0/s1. The third kappa shape index (κ3) is 3.47. The number of para-hydroxylation sites is 1. The number of benzene rings is 2. The molecule has 1 aliphatic heterocycles. The van der Waals surface area contributed by atoms with Crippen LogP contribution in [0.5, 0.6) is 5.75 Å². The molecule has 3 amide bonds. The number of hydrogen-bond acceptors (Lipinski definition) is 4. The number of methoxy groups -OCH3 is 1. The van der Waals surface area contributed by atoms with E-state index in [0.29, 0.717) is 23.3 Å². The predicted molar refractivity (Wildman–Crippen MR) is 108 cm³/mol. The average molecular weight is 391 g/mol. The number of amides is 3. The fraction of sp³-hybridized carbons (Fsp3) is 0.227. The van der Waals surface area contributed by atoms with E-state index in [1.807, 2.05) is 30.5 Å². The Morgan fingerprint density at radius 1 is 1.14 bits per heavy atom. The van der Waals surface area contributed by atoms with Gasteiger partial charge in [0.05, 0.1) is 13.7 Å². The van der Waals surface area contributed by atoms with Crippen molar-refractivity contribution in [2.75, 3.05) is 7.11 Å². The molecule has 7 heteroatoms. The number of carbonyl (C=O) groups excluding carboxylic acids is 3. The van der Waals surface area contributed by atoms with Crippen molar-refractivity contribution < 1.29 is 19.1 Å². The maximum absolute atomic E-state index is 12.9. The predicted octanol–water partition coefficient (Wildman–Crippen LogP) is 3.04. The minimum atomic E-state index is -0.635. The van der Waals surface area contributed by atoms with Crippen molar-refractivity contribution in [1.82, 2.24) is 15.2 Å². The van der Waals surface area contributed by atoms with E-state index >= 15 is 0 Å². The first-order valence-corrected chi connectivity index (χ1v) is 9.32. The molecule has 2 heterocycles. The highest BCUT2D eigenvalue weighted by molar-refractivity contribution is 6.04. The number of urea groups is 1. The highest BCUT2D eigenvalue weighted by Gasteiger charge is 2.38. The lowest BCUT2D eigenvalue weighted by Gasteiger charge is -2.16. The summed E-state index contributed by atoms with van der Waals surface area (Å²) in [5, 5.41) is 3.80. The van der Waals surface area contributed by atoms with E-state index in [4.69, 9.17) is 4.74 Å². The van der Waals surface area contributed by atoms with Crippen LogP contribution in [-0.2, 0) is 17.8 Å². The summed E-state index contributed by atoms with van der Waals surface area (Å²) in [6, 6.07) is 11.7. The third-order valence-corrected chi connectivity index (χ3v) is 5.22. The molecule has 148 valence electrons. The fourth-order valence-corrected chi connectivity index (χ4v) is 3.68. The van der Waals surface area contributed by atoms with Gasteiger partial charge < -0.3 is 15.0 Å². The molecular formula is C22H21N3O4. The fourth-order valence-electron chi connectivity index (χ4n) is 3.68. The second kappa shape index (κ2) is 7.43. The van der Waals surface area contributed by atoms with Gasteiger partial charge in [0.15, 0.2) is 5.78 Å². The Morgan fingerprint density at radius 2 is 1.93 bits per heavy atom. The number of ether oxygens (including phenoxy) is 1. The smallest absolute Gasteiger partial charge is 0.325 e. The van der Waals surface area contributed by atoms with Crippen LogP contribution in [0.1, 0.15) is 28.4 Å². The number of nitrogens with zero attached hydrogens (tertiary/aromatic N) is 1. The lowest BCUT2D eigenvalue weighted by atomic mass is 10.0. The summed E-state index contributed by atoms with van der Waals surface area (Å²) in [5.74, 6) is 0.134. The van der Waals surface area contributed by atoms with Crippen molar-refractivity contribution in [1.29, 1.82) is 0 Å². The van der Waals surface area contributed by atoms with E-state index in [0.717, 1.165) is 16.5 Å². The molecule has 0 saturated carbocycles. The van der Waals surface area contributed by atoms with Crippen LogP contribution in [0.25, 0.3) is 10.9 Å². The molecule has 7 nitrogen and oxygen atoms in total. The molecule has 0 aliphatic carbocycles. The minimum absolute atomic E-state index is 0.0410. The third-order valence-electron chi connectivity index (χ3n) is 5.22. The van der Waals surface area contributed by atoms with Crippen LogP contribution < -0.4 is 10.1 Å². The number of carbonyl (C=O) groups is 3. The number of aromatic nitrogens is 1. The van der Waals surface area contributed by atoms with Crippen LogP contribution >= 0.6 is 0 Å². The molecule has 1 aromatic heterocycles. The summed E-state index contributed by atoms with van der Waals surface area (Å²) in [4.78, 5) is 41.5. The van der Waals surface area contributed by atoms with Gasteiger partial charge in [-0.1, -0.05) is 18.2 Å². The Kier molecular flexibility index (Phi) is 4.80. The van der Waals surface area contributed by atoms with Gasteiger partial charge in [-0.15, -0.1) is 0 Å². The van der Waals surface area contributed by atoms with Crippen LogP contribution in [0.4, 0.5) is 4.79 Å². The molecule has 0 spiro atoms. The molecular weight excluding hydrogens is 370 g/mol. The second-order valence-corrected chi connectivity index (χ2v) is 7.07. The quantitative estimate of drug-likeness (QED) is 0.499. The monoisotopic (exact) mass is 391 g/mol. The number of fused-ring (bicyclic) bond motifs is 1. The van der Waals surface area contributed by atoms with Crippen molar-refractivity contribution in [3.05, 3.63) is 65.4 Å². The Morgan fingerprint density at radius 3 is 2.69 bits per heavy atom. The molecule has 1 saturated heterocycles. The lowest BCUT2D eigenvalue weighted by Crippen LogP contribution is -2.32. The molecule has 29 heavy (non-hydrogen) atoms. The van der Waals surface area contributed by atoms with Crippen molar-refractivity contribution in [2.24, 2.45) is 0 Å².